The molecule has 0 atom stereocenters. The molecule has 0 spiro atoms. The van der Waals surface area contributed by atoms with Crippen LogP contribution in [0.4, 0.5) is 0 Å². The maximum absolute atomic E-state index is 13.0. The first kappa shape index (κ1) is 73.0. The van der Waals surface area contributed by atoms with E-state index in [0.717, 1.165) is 62.5 Å². The van der Waals surface area contributed by atoms with Gasteiger partial charge in [0.05, 0.1) is 52.1 Å². The fourth-order valence-electron chi connectivity index (χ4n) is 10.3. The Bertz CT molecular complexity index is 1320. The second kappa shape index (κ2) is 57.3. The third kappa shape index (κ3) is 50.0. The molecule has 78 heavy (non-hydrogen) atoms. The van der Waals surface area contributed by atoms with Crippen molar-refractivity contribution >= 4 is 23.9 Å². The van der Waals surface area contributed by atoms with Crippen LogP contribution in [-0.2, 0) is 51.2 Å². The molecule has 1 rings (SSSR count). The number of hydrogen-bond acceptors (Lipinski definition) is 10. The van der Waals surface area contributed by atoms with E-state index in [9.17, 15) is 19.2 Å². The van der Waals surface area contributed by atoms with Crippen LogP contribution >= 0.6 is 0 Å². The summed E-state index contributed by atoms with van der Waals surface area (Å²) in [6.07, 6.45) is 50.3. The van der Waals surface area contributed by atoms with Crippen LogP contribution in [0.2, 0.25) is 0 Å². The highest BCUT2D eigenvalue weighted by Gasteiger charge is 2.17. The van der Waals surface area contributed by atoms with Gasteiger partial charge in [0.15, 0.2) is 0 Å². The fourth-order valence-corrected chi connectivity index (χ4v) is 10.3. The third-order valence-corrected chi connectivity index (χ3v) is 15.4. The lowest BCUT2D eigenvalue weighted by atomic mass is 10.1. The molecule has 0 unspecified atom stereocenters. The van der Waals surface area contributed by atoms with Crippen molar-refractivity contribution in [3.8, 4) is 0 Å². The molecule has 1 aromatic carbocycles. The van der Waals surface area contributed by atoms with E-state index in [1.807, 2.05) is 6.07 Å². The molecule has 0 N–H and O–H groups in total. The molecule has 0 radical (unpaired) electrons. The minimum atomic E-state index is -0.201. The molecule has 0 fully saturated rings. The Morgan fingerprint density at radius 2 is 0.487 bits per heavy atom. The average Bonchev–Trinajstić information content (AvgIpc) is 3.44. The summed E-state index contributed by atoms with van der Waals surface area (Å²) in [5, 5.41) is 0. The summed E-state index contributed by atoms with van der Waals surface area (Å²) < 4.78 is 22.8. The SMILES string of the molecule is CCCCCCCCCCCCOC(=O)CCN(CCC(=O)OCCCCCCCCCCCC)Cc1cccc(CN(CCC(=O)OCCCCCCCCCCCC)CCC(=O)OCCCCCCCCCCCC)c1. The zero-order valence-corrected chi connectivity index (χ0v) is 51.7. The van der Waals surface area contributed by atoms with E-state index in [2.05, 4.69) is 55.7 Å². The number of ether oxygens (including phenoxy) is 4. The van der Waals surface area contributed by atoms with Gasteiger partial charge in [-0.15, -0.1) is 0 Å². The van der Waals surface area contributed by atoms with Crippen LogP contribution in [0.3, 0.4) is 0 Å². The maximum Gasteiger partial charge on any atom is 0.307 e. The van der Waals surface area contributed by atoms with E-state index < -0.39 is 0 Å². The highest BCUT2D eigenvalue weighted by molar-refractivity contribution is 5.71. The second-order valence-corrected chi connectivity index (χ2v) is 23.0. The van der Waals surface area contributed by atoms with Crippen LogP contribution in [0.5, 0.6) is 0 Å². The van der Waals surface area contributed by atoms with Gasteiger partial charge in [0.2, 0.25) is 0 Å². The van der Waals surface area contributed by atoms with Gasteiger partial charge in [-0.2, -0.15) is 0 Å². The third-order valence-electron chi connectivity index (χ3n) is 15.4. The van der Waals surface area contributed by atoms with Gasteiger partial charge in [-0.05, 0) is 36.8 Å². The molecule has 454 valence electrons. The minimum Gasteiger partial charge on any atom is -0.466 e. The Kier molecular flexibility index (Phi) is 53.6. The first-order valence-corrected chi connectivity index (χ1v) is 33.5. The van der Waals surface area contributed by atoms with E-state index >= 15 is 0 Å². The highest BCUT2D eigenvalue weighted by Crippen LogP contribution is 2.17. The molecule has 0 saturated heterocycles. The number of hydrogen-bond donors (Lipinski definition) is 0. The number of carbonyl (C=O) groups is 4. The Morgan fingerprint density at radius 3 is 0.692 bits per heavy atom. The second-order valence-electron chi connectivity index (χ2n) is 23.0. The molecule has 0 amide bonds. The van der Waals surface area contributed by atoms with Crippen LogP contribution in [0.15, 0.2) is 24.3 Å². The fraction of sp³-hybridized carbons (Fsp3) is 0.853. The molecule has 0 aliphatic carbocycles. The van der Waals surface area contributed by atoms with Crippen molar-refractivity contribution in [2.75, 3.05) is 52.6 Å². The lowest BCUT2D eigenvalue weighted by Crippen LogP contribution is -2.30. The van der Waals surface area contributed by atoms with E-state index in [0.29, 0.717) is 65.7 Å². The Labute approximate surface area is 481 Å². The summed E-state index contributed by atoms with van der Waals surface area (Å²) in [7, 11) is 0. The smallest absolute Gasteiger partial charge is 0.307 e. The lowest BCUT2D eigenvalue weighted by Gasteiger charge is -2.24. The zero-order chi connectivity index (χ0) is 56.5. The molecule has 0 heterocycles. The van der Waals surface area contributed by atoms with Crippen LogP contribution in [0, 0.1) is 0 Å². The van der Waals surface area contributed by atoms with Crippen molar-refractivity contribution < 1.29 is 38.1 Å². The molecule has 10 nitrogen and oxygen atoms in total. The number of benzene rings is 1. The predicted octanol–water partition coefficient (Wildman–Crippen LogP) is 18.7. The van der Waals surface area contributed by atoms with Gasteiger partial charge >= 0.3 is 23.9 Å². The number of rotatable bonds is 60. The normalized spacial score (nSPS) is 11.5. The first-order chi connectivity index (χ1) is 38.3. The molecule has 0 aliphatic heterocycles. The van der Waals surface area contributed by atoms with Crippen molar-refractivity contribution in [2.24, 2.45) is 0 Å². The van der Waals surface area contributed by atoms with E-state index in [4.69, 9.17) is 18.9 Å². The lowest BCUT2D eigenvalue weighted by molar-refractivity contribution is -0.146. The van der Waals surface area contributed by atoms with Crippen molar-refractivity contribution in [1.82, 2.24) is 9.80 Å². The molecule has 10 heteroatoms. The van der Waals surface area contributed by atoms with Gasteiger partial charge in [0.1, 0.15) is 0 Å². The monoisotopic (exact) mass is 1100 g/mol. The summed E-state index contributed by atoms with van der Waals surface area (Å²) in [5.41, 5.74) is 2.13. The number of carbonyl (C=O) groups excluding carboxylic acids is 4. The van der Waals surface area contributed by atoms with Crippen LogP contribution in [0.1, 0.15) is 321 Å². The quantitative estimate of drug-likeness (QED) is 0.0355. The van der Waals surface area contributed by atoms with Crippen LogP contribution in [-0.4, -0.2) is 86.3 Å². The summed E-state index contributed by atoms with van der Waals surface area (Å²) >= 11 is 0. The summed E-state index contributed by atoms with van der Waals surface area (Å²) in [4.78, 5) is 56.4. The van der Waals surface area contributed by atoms with Crippen LogP contribution in [0.25, 0.3) is 0 Å². The van der Waals surface area contributed by atoms with Gasteiger partial charge in [0, 0.05) is 39.3 Å². The van der Waals surface area contributed by atoms with E-state index in [-0.39, 0.29) is 49.6 Å². The zero-order valence-electron chi connectivity index (χ0n) is 51.7. The predicted molar refractivity (Wildman–Crippen MR) is 327 cm³/mol. The topological polar surface area (TPSA) is 112 Å². The highest BCUT2D eigenvalue weighted by atomic mass is 16.5. The standard InChI is InChI=1S/C68H124N2O8/c1-5-9-13-17-21-25-29-33-37-41-56-75-65(71)48-52-69(53-49-66(72)76-57-42-38-34-30-26-22-18-14-10-6-2)61-63-46-45-47-64(60-63)62-70(54-50-67(73)77-58-43-39-35-31-27-23-19-15-11-7-3)55-51-68(74)78-59-44-40-36-32-28-24-20-16-12-8-4/h45-47,60H,5-44,48-59,61-62H2,1-4H3. The van der Waals surface area contributed by atoms with Crippen molar-refractivity contribution in [1.29, 1.82) is 0 Å². The van der Waals surface area contributed by atoms with E-state index in [1.165, 1.54) is 205 Å². The number of esters is 4. The van der Waals surface area contributed by atoms with E-state index in [1.54, 1.807) is 0 Å². The first-order valence-electron chi connectivity index (χ1n) is 33.5. The Balaban J connectivity index is 2.86. The van der Waals surface area contributed by atoms with Gasteiger partial charge in [-0.1, -0.05) is 283 Å². The largest absolute Gasteiger partial charge is 0.466 e. The van der Waals surface area contributed by atoms with Crippen LogP contribution < -0.4 is 0 Å². The Morgan fingerprint density at radius 1 is 0.295 bits per heavy atom. The molecule has 0 saturated carbocycles. The molecule has 1 aromatic rings. The van der Waals surface area contributed by atoms with Gasteiger partial charge in [-0.3, -0.25) is 29.0 Å². The minimum absolute atomic E-state index is 0.201. The van der Waals surface area contributed by atoms with Crippen molar-refractivity contribution in [2.45, 2.75) is 323 Å². The molecular formula is C68H124N2O8. The molecular weight excluding hydrogens is 973 g/mol. The molecule has 0 aliphatic rings. The van der Waals surface area contributed by atoms with Crippen molar-refractivity contribution in [3.63, 3.8) is 0 Å². The number of nitrogens with zero attached hydrogens (tertiary/aromatic N) is 2. The van der Waals surface area contributed by atoms with Gasteiger partial charge in [0.25, 0.3) is 0 Å². The summed E-state index contributed by atoms with van der Waals surface area (Å²) in [5.74, 6) is -0.804. The molecule has 0 aromatic heterocycles. The average molecular weight is 1100 g/mol. The van der Waals surface area contributed by atoms with Crippen molar-refractivity contribution in [3.05, 3.63) is 35.4 Å². The number of unbranched alkanes of at least 4 members (excludes halogenated alkanes) is 36. The Hall–Kier alpha value is -2.98. The summed E-state index contributed by atoms with van der Waals surface area (Å²) in [6.45, 7) is 13.8. The van der Waals surface area contributed by atoms with Gasteiger partial charge < -0.3 is 18.9 Å². The van der Waals surface area contributed by atoms with Gasteiger partial charge in [-0.25, -0.2) is 0 Å². The maximum atomic E-state index is 13.0. The summed E-state index contributed by atoms with van der Waals surface area (Å²) in [6, 6.07) is 8.39. The molecule has 0 bridgehead atoms.